The van der Waals surface area contributed by atoms with Crippen LogP contribution in [0.15, 0.2) is 66.0 Å². The first-order valence-corrected chi connectivity index (χ1v) is 5.91. The quantitative estimate of drug-likeness (QED) is 0.639. The number of rotatable bonds is 0. The molecule has 0 amide bonds. The molecule has 0 saturated heterocycles. The monoisotopic (exact) mass is 220 g/mol. The predicted octanol–water partition coefficient (Wildman–Crippen LogP) is 1.12. The van der Waals surface area contributed by atoms with Crippen LogP contribution in [0, 0.1) is 0 Å². The van der Waals surface area contributed by atoms with Gasteiger partial charge in [-0.1, -0.05) is 30.4 Å². The second-order valence-electron chi connectivity index (χ2n) is 4.53. The zero-order valence-electron chi connectivity index (χ0n) is 9.32. The van der Waals surface area contributed by atoms with Crippen LogP contribution in [-0.2, 0) is 0 Å². The highest BCUT2D eigenvalue weighted by Crippen LogP contribution is 2.27. The van der Waals surface area contributed by atoms with Crippen LogP contribution in [0.4, 0.5) is 0 Å². The van der Waals surface area contributed by atoms with Gasteiger partial charge in [0, 0.05) is 17.6 Å². The van der Waals surface area contributed by atoms with Gasteiger partial charge in [0.05, 0.1) is 11.4 Å². The summed E-state index contributed by atoms with van der Waals surface area (Å²) in [5, 5.41) is 2.42. The van der Waals surface area contributed by atoms with Crippen LogP contribution in [0.25, 0.3) is 5.57 Å². The number of hydrogen-bond acceptors (Lipinski definition) is 2. The van der Waals surface area contributed by atoms with Crippen LogP contribution >= 0.6 is 0 Å². The molecule has 0 N–H and O–H groups in total. The van der Waals surface area contributed by atoms with E-state index in [1.807, 2.05) is 0 Å². The summed E-state index contributed by atoms with van der Waals surface area (Å²) in [6.07, 6.45) is 12.8. The molecule has 0 radical (unpaired) electrons. The van der Waals surface area contributed by atoms with Crippen molar-refractivity contribution in [3.05, 3.63) is 71.5 Å². The molecular weight excluding hydrogens is 208 g/mol. The van der Waals surface area contributed by atoms with Crippen molar-refractivity contribution < 1.29 is 0 Å². The molecule has 0 saturated carbocycles. The molecule has 0 fully saturated rings. The van der Waals surface area contributed by atoms with Gasteiger partial charge in [0.2, 0.25) is 0 Å². The molecule has 2 atom stereocenters. The summed E-state index contributed by atoms with van der Waals surface area (Å²) in [4.78, 5) is 7.07. The lowest BCUT2D eigenvalue weighted by atomic mass is 9.94. The van der Waals surface area contributed by atoms with Crippen molar-refractivity contribution in [2.24, 2.45) is 4.99 Å². The lowest BCUT2D eigenvalue weighted by molar-refractivity contribution is 0.388. The Morgan fingerprint density at radius 3 is 3.00 bits per heavy atom. The second kappa shape index (κ2) is 3.20. The van der Waals surface area contributed by atoms with E-state index < -0.39 is 0 Å². The fraction of sp³-hybridized carbons (Fsp3) is 0.133. The minimum absolute atomic E-state index is 0.249. The average molecular weight is 220 g/mol. The third kappa shape index (κ3) is 1.18. The van der Waals surface area contributed by atoms with Crippen LogP contribution in [0.2, 0.25) is 0 Å². The lowest BCUT2D eigenvalue weighted by Crippen LogP contribution is -2.39. The number of para-hydroxylation sites is 1. The van der Waals surface area contributed by atoms with Crippen molar-refractivity contribution >= 4 is 5.57 Å². The van der Waals surface area contributed by atoms with Crippen molar-refractivity contribution in [1.29, 1.82) is 0 Å². The average Bonchev–Trinajstić information content (AvgIpc) is 2.78. The minimum Gasteiger partial charge on any atom is -0.345 e. The Kier molecular flexibility index (Phi) is 1.69. The molecule has 3 heterocycles. The largest absolute Gasteiger partial charge is 0.345 e. The van der Waals surface area contributed by atoms with Gasteiger partial charge in [0.15, 0.2) is 0 Å². The topological polar surface area (TPSA) is 15.6 Å². The Bertz CT molecular complexity index is 679. The predicted molar refractivity (Wildman–Crippen MR) is 67.5 cm³/mol. The molecule has 3 aliphatic heterocycles. The molecule has 2 nitrogen and oxygen atoms in total. The van der Waals surface area contributed by atoms with Crippen LogP contribution in [-0.4, -0.2) is 17.0 Å². The molecule has 3 aliphatic rings. The van der Waals surface area contributed by atoms with Crippen molar-refractivity contribution in [3.8, 4) is 0 Å². The first-order valence-electron chi connectivity index (χ1n) is 5.91. The molecule has 0 bridgehead atoms. The van der Waals surface area contributed by atoms with E-state index in [2.05, 4.69) is 65.9 Å². The standard InChI is InChI=1S/C15H12N2/c1-2-6-13-11(5-1)12-8-10-17-9-4-3-7-14(17)15(12)16-13/h1-10,14-15H. The summed E-state index contributed by atoms with van der Waals surface area (Å²) < 4.78 is 0. The first kappa shape index (κ1) is 8.99. The summed E-state index contributed by atoms with van der Waals surface area (Å²) in [6, 6.07) is 8.99. The molecule has 0 aliphatic carbocycles. The van der Waals surface area contributed by atoms with E-state index in [1.54, 1.807) is 0 Å². The smallest absolute Gasteiger partial charge is 0.101 e. The van der Waals surface area contributed by atoms with E-state index in [0.29, 0.717) is 6.04 Å². The summed E-state index contributed by atoms with van der Waals surface area (Å²) in [6.45, 7) is 0. The maximum absolute atomic E-state index is 4.84. The maximum atomic E-state index is 4.84. The Hall–Kier alpha value is -2.09. The molecule has 0 spiro atoms. The molecule has 1 aromatic carbocycles. The normalized spacial score (nSPS) is 27.5. The number of benzene rings is 1. The molecular formula is C15H12N2. The molecule has 0 aromatic heterocycles. The summed E-state index contributed by atoms with van der Waals surface area (Å²) in [7, 11) is 0. The van der Waals surface area contributed by atoms with Gasteiger partial charge in [-0.2, -0.15) is 0 Å². The van der Waals surface area contributed by atoms with E-state index in [-0.39, 0.29) is 6.04 Å². The van der Waals surface area contributed by atoms with Crippen molar-refractivity contribution in [3.63, 3.8) is 0 Å². The fourth-order valence-electron chi connectivity index (χ4n) is 2.77. The third-order valence-electron chi connectivity index (χ3n) is 3.58. The van der Waals surface area contributed by atoms with E-state index >= 15 is 0 Å². The number of hydrogen-bond donors (Lipinski definition) is 0. The lowest BCUT2D eigenvalue weighted by Gasteiger charge is -2.34. The van der Waals surface area contributed by atoms with Gasteiger partial charge < -0.3 is 4.90 Å². The fourth-order valence-corrected chi connectivity index (χ4v) is 2.77. The Morgan fingerprint density at radius 2 is 2.00 bits per heavy atom. The summed E-state index contributed by atoms with van der Waals surface area (Å²) >= 11 is 0. The van der Waals surface area contributed by atoms with Crippen molar-refractivity contribution in [2.75, 3.05) is 0 Å². The molecule has 1 aromatic rings. The van der Waals surface area contributed by atoms with Gasteiger partial charge in [-0.3, -0.25) is 4.99 Å². The van der Waals surface area contributed by atoms with Crippen LogP contribution < -0.4 is 10.6 Å². The number of nitrogens with zero attached hydrogens (tertiary/aromatic N) is 2. The summed E-state index contributed by atoms with van der Waals surface area (Å²) in [5.74, 6) is 0. The number of allylic oxidation sites excluding steroid dienone is 2. The first-order chi connectivity index (χ1) is 8.43. The zero-order valence-corrected chi connectivity index (χ0v) is 9.32. The summed E-state index contributed by atoms with van der Waals surface area (Å²) in [5.41, 5.74) is 1.35. The van der Waals surface area contributed by atoms with E-state index in [9.17, 15) is 0 Å². The van der Waals surface area contributed by atoms with Gasteiger partial charge >= 0.3 is 0 Å². The van der Waals surface area contributed by atoms with Crippen molar-refractivity contribution in [2.45, 2.75) is 12.1 Å². The molecule has 2 unspecified atom stereocenters. The highest BCUT2D eigenvalue weighted by Gasteiger charge is 2.31. The Morgan fingerprint density at radius 1 is 1.06 bits per heavy atom. The van der Waals surface area contributed by atoms with Crippen molar-refractivity contribution in [1.82, 2.24) is 4.90 Å². The SMILES string of the molecule is C1=CC2C3N=c4ccccc4=C3C=CN2C=C1. The highest BCUT2D eigenvalue weighted by molar-refractivity contribution is 5.66. The highest BCUT2D eigenvalue weighted by atomic mass is 15.2. The molecule has 82 valence electrons. The zero-order chi connectivity index (χ0) is 11.2. The minimum atomic E-state index is 0.249. The second-order valence-corrected chi connectivity index (χ2v) is 4.53. The molecule has 17 heavy (non-hydrogen) atoms. The molecule has 4 rings (SSSR count). The Labute approximate surface area is 99.6 Å². The van der Waals surface area contributed by atoms with Gasteiger partial charge in [-0.05, 0) is 23.8 Å². The van der Waals surface area contributed by atoms with E-state index in [0.717, 1.165) is 5.36 Å². The number of fused-ring (bicyclic) bond motifs is 4. The van der Waals surface area contributed by atoms with Gasteiger partial charge in [-0.15, -0.1) is 0 Å². The van der Waals surface area contributed by atoms with E-state index in [4.69, 9.17) is 4.99 Å². The van der Waals surface area contributed by atoms with Gasteiger partial charge in [0.25, 0.3) is 0 Å². The third-order valence-corrected chi connectivity index (χ3v) is 3.58. The van der Waals surface area contributed by atoms with Crippen LogP contribution in [0.3, 0.4) is 0 Å². The van der Waals surface area contributed by atoms with Crippen LogP contribution in [0.1, 0.15) is 0 Å². The maximum Gasteiger partial charge on any atom is 0.101 e. The van der Waals surface area contributed by atoms with Gasteiger partial charge in [-0.25, -0.2) is 0 Å². The molecule has 2 heteroatoms. The van der Waals surface area contributed by atoms with Gasteiger partial charge in [0.1, 0.15) is 6.04 Å². The van der Waals surface area contributed by atoms with E-state index in [1.165, 1.54) is 10.8 Å². The Balaban J connectivity index is 1.97. The van der Waals surface area contributed by atoms with Crippen LogP contribution in [0.5, 0.6) is 0 Å².